The number of guanidine groups is 1. The van der Waals surface area contributed by atoms with Crippen LogP contribution in [-0.2, 0) is 9.53 Å². The fourth-order valence-electron chi connectivity index (χ4n) is 3.66. The van der Waals surface area contributed by atoms with Crippen molar-refractivity contribution in [3.8, 4) is 0 Å². The molecule has 0 saturated carbocycles. The molecule has 0 aromatic rings. The second kappa shape index (κ2) is 7.51. The quantitative estimate of drug-likeness (QED) is 0.468. The lowest BCUT2D eigenvalue weighted by Gasteiger charge is -2.47. The van der Waals surface area contributed by atoms with E-state index in [0.717, 1.165) is 12.8 Å². The van der Waals surface area contributed by atoms with Gasteiger partial charge in [0.05, 0.1) is 0 Å². The number of fused-ring (bicyclic) bond motifs is 2. The van der Waals surface area contributed by atoms with Gasteiger partial charge in [0.1, 0.15) is 12.1 Å². The molecule has 23 heavy (non-hydrogen) atoms. The van der Waals surface area contributed by atoms with Gasteiger partial charge in [-0.1, -0.05) is 6.42 Å². The summed E-state index contributed by atoms with van der Waals surface area (Å²) in [5.74, 6) is 0.421. The van der Waals surface area contributed by atoms with Crippen LogP contribution in [0.25, 0.3) is 0 Å². The lowest BCUT2D eigenvalue weighted by molar-refractivity contribution is -0.153. The Hall–Kier alpha value is -1.30. The van der Waals surface area contributed by atoms with Crippen molar-refractivity contribution < 1.29 is 9.53 Å². The first-order valence-electron chi connectivity index (χ1n) is 8.69. The molecule has 0 aromatic heterocycles. The predicted octanol–water partition coefficient (Wildman–Crippen LogP) is 1.51. The molecular weight excluding hydrogens is 292 g/mol. The van der Waals surface area contributed by atoms with Gasteiger partial charge in [0.15, 0.2) is 5.96 Å². The molecule has 2 heterocycles. The molecule has 2 fully saturated rings. The first kappa shape index (κ1) is 18.0. The SMILES string of the molecule is CN=C(NCC(=O)OC(C)(C)C)NC1CC2CCCC(C1)N2C. The molecular formula is C17H32N4O2. The summed E-state index contributed by atoms with van der Waals surface area (Å²) in [6, 6.07) is 1.76. The molecule has 2 unspecified atom stereocenters. The van der Waals surface area contributed by atoms with E-state index in [2.05, 4.69) is 27.6 Å². The average molecular weight is 324 g/mol. The number of aliphatic imine (C=N–C) groups is 1. The number of ether oxygens (including phenoxy) is 1. The number of piperidine rings is 2. The summed E-state index contributed by atoms with van der Waals surface area (Å²) in [6.45, 7) is 5.75. The van der Waals surface area contributed by atoms with Crippen molar-refractivity contribution >= 4 is 11.9 Å². The standard InChI is InChI=1S/C17H32N4O2/c1-17(2,3)23-15(22)11-19-16(18-4)20-12-9-13-7-6-8-14(10-12)21(13)5/h12-14H,6-11H2,1-5H3,(H2,18,19,20). The first-order valence-corrected chi connectivity index (χ1v) is 8.69. The Bertz CT molecular complexity index is 430. The third-order valence-electron chi connectivity index (χ3n) is 4.72. The number of carbonyl (C=O) groups is 1. The third kappa shape index (κ3) is 5.37. The number of hydrogen-bond donors (Lipinski definition) is 2. The maximum Gasteiger partial charge on any atom is 0.325 e. The highest BCUT2D eigenvalue weighted by Crippen LogP contribution is 2.32. The Morgan fingerprint density at radius 2 is 1.87 bits per heavy atom. The fraction of sp³-hybridized carbons (Fsp3) is 0.882. The zero-order chi connectivity index (χ0) is 17.0. The van der Waals surface area contributed by atoms with Gasteiger partial charge in [-0.15, -0.1) is 0 Å². The van der Waals surface area contributed by atoms with Gasteiger partial charge < -0.3 is 20.3 Å². The molecule has 6 heteroatoms. The Balaban J connectivity index is 1.80. The fourth-order valence-corrected chi connectivity index (χ4v) is 3.66. The smallest absolute Gasteiger partial charge is 0.325 e. The van der Waals surface area contributed by atoms with E-state index in [4.69, 9.17) is 4.74 Å². The van der Waals surface area contributed by atoms with E-state index in [1.807, 2.05) is 20.8 Å². The molecule has 0 amide bonds. The number of nitrogens with zero attached hydrogens (tertiary/aromatic N) is 2. The number of esters is 1. The Labute approximate surface area is 140 Å². The van der Waals surface area contributed by atoms with Gasteiger partial charge in [-0.2, -0.15) is 0 Å². The van der Waals surface area contributed by atoms with Crippen LogP contribution in [-0.4, -0.2) is 61.2 Å². The van der Waals surface area contributed by atoms with Gasteiger partial charge in [0.25, 0.3) is 0 Å². The first-order chi connectivity index (χ1) is 10.8. The maximum atomic E-state index is 11.8. The van der Waals surface area contributed by atoms with E-state index < -0.39 is 5.60 Å². The van der Waals surface area contributed by atoms with E-state index in [1.54, 1.807) is 7.05 Å². The highest BCUT2D eigenvalue weighted by molar-refractivity contribution is 5.84. The molecule has 2 bridgehead atoms. The molecule has 2 atom stereocenters. The van der Waals surface area contributed by atoms with E-state index >= 15 is 0 Å². The van der Waals surface area contributed by atoms with Crippen LogP contribution >= 0.6 is 0 Å². The van der Waals surface area contributed by atoms with Crippen LogP contribution in [0.3, 0.4) is 0 Å². The molecule has 0 aromatic carbocycles. The van der Waals surface area contributed by atoms with Crippen molar-refractivity contribution in [2.75, 3.05) is 20.6 Å². The van der Waals surface area contributed by atoms with Gasteiger partial charge in [-0.3, -0.25) is 9.79 Å². The Kier molecular flexibility index (Phi) is 5.89. The molecule has 2 N–H and O–H groups in total. The summed E-state index contributed by atoms with van der Waals surface area (Å²) in [5.41, 5.74) is -0.457. The summed E-state index contributed by atoms with van der Waals surface area (Å²) in [4.78, 5) is 18.6. The van der Waals surface area contributed by atoms with Gasteiger partial charge >= 0.3 is 5.97 Å². The molecule has 0 spiro atoms. The second-order valence-electron chi connectivity index (χ2n) is 7.73. The molecule has 2 aliphatic rings. The Morgan fingerprint density at radius 3 is 2.39 bits per heavy atom. The molecule has 2 rings (SSSR count). The number of nitrogens with one attached hydrogen (secondary N) is 2. The van der Waals surface area contributed by atoms with Crippen LogP contribution in [0.5, 0.6) is 0 Å². The normalized spacial score (nSPS) is 29.1. The highest BCUT2D eigenvalue weighted by Gasteiger charge is 2.36. The third-order valence-corrected chi connectivity index (χ3v) is 4.72. The molecule has 6 nitrogen and oxygen atoms in total. The van der Waals surface area contributed by atoms with E-state index in [9.17, 15) is 4.79 Å². The van der Waals surface area contributed by atoms with Gasteiger partial charge in [0, 0.05) is 25.2 Å². The van der Waals surface area contributed by atoms with Gasteiger partial charge in [-0.25, -0.2) is 0 Å². The molecule has 132 valence electrons. The average Bonchev–Trinajstić information content (AvgIpc) is 2.42. The monoisotopic (exact) mass is 324 g/mol. The number of hydrogen-bond acceptors (Lipinski definition) is 4. The molecule has 0 aliphatic carbocycles. The maximum absolute atomic E-state index is 11.8. The highest BCUT2D eigenvalue weighted by atomic mass is 16.6. The van der Waals surface area contributed by atoms with Gasteiger partial charge in [0.2, 0.25) is 0 Å². The molecule has 2 aliphatic heterocycles. The zero-order valence-corrected chi connectivity index (χ0v) is 15.2. The minimum absolute atomic E-state index is 0.135. The second-order valence-corrected chi connectivity index (χ2v) is 7.73. The van der Waals surface area contributed by atoms with E-state index in [0.29, 0.717) is 24.1 Å². The minimum atomic E-state index is -0.457. The topological polar surface area (TPSA) is 66.0 Å². The lowest BCUT2D eigenvalue weighted by Crippen LogP contribution is -2.57. The van der Waals surface area contributed by atoms with E-state index in [-0.39, 0.29) is 12.5 Å². The van der Waals surface area contributed by atoms with Crippen LogP contribution in [0.2, 0.25) is 0 Å². The minimum Gasteiger partial charge on any atom is -0.459 e. The lowest BCUT2D eigenvalue weighted by atomic mass is 9.82. The van der Waals surface area contributed by atoms with Crippen molar-refractivity contribution in [2.24, 2.45) is 4.99 Å². The van der Waals surface area contributed by atoms with Crippen molar-refractivity contribution in [1.82, 2.24) is 15.5 Å². The van der Waals surface area contributed by atoms with Crippen molar-refractivity contribution in [3.05, 3.63) is 0 Å². The molecule has 0 radical (unpaired) electrons. The van der Waals surface area contributed by atoms with Crippen LogP contribution in [0.4, 0.5) is 0 Å². The largest absolute Gasteiger partial charge is 0.459 e. The summed E-state index contributed by atoms with van der Waals surface area (Å²) >= 11 is 0. The van der Waals surface area contributed by atoms with Crippen LogP contribution in [0, 0.1) is 0 Å². The van der Waals surface area contributed by atoms with Crippen molar-refractivity contribution in [2.45, 2.75) is 76.6 Å². The van der Waals surface area contributed by atoms with Crippen LogP contribution in [0.1, 0.15) is 52.9 Å². The zero-order valence-electron chi connectivity index (χ0n) is 15.2. The summed E-state index contributed by atoms with van der Waals surface area (Å²) in [5, 5.41) is 6.54. The number of carbonyl (C=O) groups excluding carboxylic acids is 1. The predicted molar refractivity (Wildman–Crippen MR) is 92.6 cm³/mol. The summed E-state index contributed by atoms with van der Waals surface area (Å²) in [6.07, 6.45) is 6.20. The van der Waals surface area contributed by atoms with Crippen molar-refractivity contribution in [3.63, 3.8) is 0 Å². The van der Waals surface area contributed by atoms with Crippen LogP contribution < -0.4 is 10.6 Å². The van der Waals surface area contributed by atoms with Crippen molar-refractivity contribution in [1.29, 1.82) is 0 Å². The van der Waals surface area contributed by atoms with E-state index in [1.165, 1.54) is 19.3 Å². The molecule has 2 saturated heterocycles. The number of rotatable bonds is 3. The summed E-state index contributed by atoms with van der Waals surface area (Å²) in [7, 11) is 3.99. The van der Waals surface area contributed by atoms with Crippen LogP contribution in [0.15, 0.2) is 4.99 Å². The Morgan fingerprint density at radius 1 is 1.26 bits per heavy atom. The summed E-state index contributed by atoms with van der Waals surface area (Å²) < 4.78 is 5.31. The van der Waals surface area contributed by atoms with Gasteiger partial charge in [-0.05, 0) is 53.5 Å².